The minimum Gasteiger partial charge on any atom is -0.445 e. The van der Waals surface area contributed by atoms with Gasteiger partial charge in [0, 0.05) is 0 Å². The predicted molar refractivity (Wildman–Crippen MR) is 37.7 cm³/mol. The monoisotopic (exact) mass is 151 g/mol. The van der Waals surface area contributed by atoms with Gasteiger partial charge in [-0.05, 0) is 5.41 Å². The lowest BCUT2D eigenvalue weighted by Gasteiger charge is -2.14. The minimum absolute atomic E-state index is 0.333. The van der Waals surface area contributed by atoms with Crippen LogP contribution in [0.25, 0.3) is 0 Å². The van der Waals surface area contributed by atoms with Gasteiger partial charge >= 0.3 is 6.98 Å². The van der Waals surface area contributed by atoms with Crippen molar-refractivity contribution in [2.24, 2.45) is 5.41 Å². The summed E-state index contributed by atoms with van der Waals surface area (Å²) in [7, 11) is 0. The fourth-order valence-corrected chi connectivity index (χ4v) is 0.398. The number of allylic oxidation sites excluding steroid dienone is 1. The summed E-state index contributed by atoms with van der Waals surface area (Å²) in [6.45, 7) is 0.436. The standard InChI is InChI=1S/C6H11BF3/c1-6(2,3)4-5-7(8,9)10/h4-5H,1-3H3/q-1/b5-4+. The Morgan fingerprint density at radius 3 is 1.60 bits per heavy atom. The molecule has 0 bridgehead atoms. The van der Waals surface area contributed by atoms with Crippen molar-refractivity contribution in [1.29, 1.82) is 0 Å². The summed E-state index contributed by atoms with van der Waals surface area (Å²) < 4.78 is 34.7. The summed E-state index contributed by atoms with van der Waals surface area (Å²) in [5, 5.41) is 0. The molecule has 0 saturated carbocycles. The van der Waals surface area contributed by atoms with Crippen molar-refractivity contribution in [3.63, 3.8) is 0 Å². The van der Waals surface area contributed by atoms with Gasteiger partial charge in [-0.2, -0.15) is 0 Å². The Morgan fingerprint density at radius 1 is 1.10 bits per heavy atom. The van der Waals surface area contributed by atoms with Gasteiger partial charge in [0.15, 0.2) is 0 Å². The highest BCUT2D eigenvalue weighted by Crippen LogP contribution is 2.18. The SMILES string of the molecule is CC(C)(C)/C=C/[B-](F)(F)F. The van der Waals surface area contributed by atoms with Gasteiger partial charge in [0.25, 0.3) is 0 Å². The van der Waals surface area contributed by atoms with Crippen molar-refractivity contribution in [3.05, 3.63) is 12.1 Å². The van der Waals surface area contributed by atoms with E-state index in [1.165, 1.54) is 6.08 Å². The first-order valence-electron chi connectivity index (χ1n) is 3.11. The molecule has 0 spiro atoms. The van der Waals surface area contributed by atoms with E-state index in [0.29, 0.717) is 5.98 Å². The molecule has 0 heterocycles. The molecule has 0 amide bonds. The maximum atomic E-state index is 11.6. The topological polar surface area (TPSA) is 0 Å². The highest BCUT2D eigenvalue weighted by atomic mass is 19.4. The van der Waals surface area contributed by atoms with Crippen molar-refractivity contribution < 1.29 is 12.9 Å². The number of hydrogen-bond acceptors (Lipinski definition) is 0. The van der Waals surface area contributed by atoms with Gasteiger partial charge in [0.1, 0.15) is 0 Å². The maximum Gasteiger partial charge on any atom is 0.502 e. The molecule has 0 aliphatic carbocycles. The van der Waals surface area contributed by atoms with Gasteiger partial charge in [-0.15, -0.1) is 12.1 Å². The van der Waals surface area contributed by atoms with Gasteiger partial charge < -0.3 is 12.9 Å². The van der Waals surface area contributed by atoms with Crippen LogP contribution in [0.2, 0.25) is 0 Å². The molecule has 0 aromatic carbocycles. The Balaban J connectivity index is 4.01. The van der Waals surface area contributed by atoms with Crippen LogP contribution >= 0.6 is 0 Å². The molecular formula is C6H11BF3-. The number of rotatable bonds is 1. The molecule has 0 nitrogen and oxygen atoms in total. The van der Waals surface area contributed by atoms with E-state index >= 15 is 0 Å². The third-order valence-electron chi connectivity index (χ3n) is 0.814. The molecule has 0 aromatic rings. The Bertz CT molecular complexity index is 113. The van der Waals surface area contributed by atoms with E-state index < -0.39 is 6.98 Å². The maximum absolute atomic E-state index is 11.6. The summed E-state index contributed by atoms with van der Waals surface area (Å²) in [6.07, 6.45) is 1.17. The quantitative estimate of drug-likeness (QED) is 0.505. The lowest BCUT2D eigenvalue weighted by Crippen LogP contribution is -2.12. The molecule has 0 aliphatic rings. The normalized spacial score (nSPS) is 14.6. The summed E-state index contributed by atoms with van der Waals surface area (Å²) in [6, 6.07) is 0. The molecule has 0 unspecified atom stereocenters. The molecule has 0 N–H and O–H groups in total. The summed E-state index contributed by atoms with van der Waals surface area (Å²) in [5.74, 6) is 0.333. The second kappa shape index (κ2) is 2.68. The minimum atomic E-state index is -4.75. The highest BCUT2D eigenvalue weighted by molar-refractivity contribution is 6.64. The second-order valence-electron chi connectivity index (χ2n) is 3.35. The smallest absolute Gasteiger partial charge is 0.445 e. The predicted octanol–water partition coefficient (Wildman–Crippen LogP) is 2.98. The van der Waals surface area contributed by atoms with Crippen LogP contribution in [-0.4, -0.2) is 6.98 Å². The second-order valence-corrected chi connectivity index (χ2v) is 3.35. The van der Waals surface area contributed by atoms with E-state index in [1.54, 1.807) is 20.8 Å². The van der Waals surface area contributed by atoms with E-state index in [4.69, 9.17) is 0 Å². The fraction of sp³-hybridized carbons (Fsp3) is 0.667. The van der Waals surface area contributed by atoms with Crippen LogP contribution in [-0.2, 0) is 0 Å². The zero-order chi connectivity index (χ0) is 8.41. The van der Waals surface area contributed by atoms with Crippen molar-refractivity contribution in [3.8, 4) is 0 Å². The van der Waals surface area contributed by atoms with E-state index in [0.717, 1.165) is 0 Å². The average Bonchev–Trinajstić information content (AvgIpc) is 1.57. The van der Waals surface area contributed by atoms with Crippen LogP contribution in [0, 0.1) is 5.41 Å². The van der Waals surface area contributed by atoms with Crippen molar-refractivity contribution in [2.45, 2.75) is 20.8 Å². The van der Waals surface area contributed by atoms with Gasteiger partial charge in [-0.25, -0.2) is 0 Å². The molecule has 0 saturated heterocycles. The number of halogens is 3. The largest absolute Gasteiger partial charge is 0.502 e. The first-order chi connectivity index (χ1) is 4.21. The third kappa shape index (κ3) is 7.59. The van der Waals surface area contributed by atoms with Crippen LogP contribution < -0.4 is 0 Å². The molecule has 60 valence electrons. The van der Waals surface area contributed by atoms with Crippen molar-refractivity contribution in [1.82, 2.24) is 0 Å². The van der Waals surface area contributed by atoms with Crippen LogP contribution in [0.15, 0.2) is 12.1 Å². The van der Waals surface area contributed by atoms with Gasteiger partial charge in [0.05, 0.1) is 0 Å². The van der Waals surface area contributed by atoms with Crippen LogP contribution in [0.4, 0.5) is 12.9 Å². The van der Waals surface area contributed by atoms with E-state index in [-0.39, 0.29) is 5.41 Å². The molecule has 0 rings (SSSR count). The molecule has 4 heteroatoms. The third-order valence-corrected chi connectivity index (χ3v) is 0.814. The van der Waals surface area contributed by atoms with Gasteiger partial charge in [-0.3, -0.25) is 0 Å². The van der Waals surface area contributed by atoms with E-state index in [9.17, 15) is 12.9 Å². The number of hydrogen-bond donors (Lipinski definition) is 0. The first-order valence-corrected chi connectivity index (χ1v) is 3.11. The highest BCUT2D eigenvalue weighted by Gasteiger charge is 2.18. The lowest BCUT2D eigenvalue weighted by atomic mass is 9.85. The van der Waals surface area contributed by atoms with Crippen LogP contribution in [0.3, 0.4) is 0 Å². The molecule has 0 aliphatic heterocycles. The fourth-order valence-electron chi connectivity index (χ4n) is 0.398. The molecule has 10 heavy (non-hydrogen) atoms. The van der Waals surface area contributed by atoms with E-state index in [2.05, 4.69) is 0 Å². The summed E-state index contributed by atoms with van der Waals surface area (Å²) in [5.41, 5.74) is -0.378. The Kier molecular flexibility index (Phi) is 2.57. The molecule has 0 radical (unpaired) electrons. The van der Waals surface area contributed by atoms with Gasteiger partial charge in [0.2, 0.25) is 0 Å². The molecule has 0 aromatic heterocycles. The lowest BCUT2D eigenvalue weighted by molar-refractivity contribution is 0.491. The van der Waals surface area contributed by atoms with Crippen molar-refractivity contribution >= 4 is 6.98 Å². The van der Waals surface area contributed by atoms with Gasteiger partial charge in [-0.1, -0.05) is 20.8 Å². The Morgan fingerprint density at radius 2 is 1.50 bits per heavy atom. The van der Waals surface area contributed by atoms with Crippen LogP contribution in [0.5, 0.6) is 0 Å². The summed E-state index contributed by atoms with van der Waals surface area (Å²) >= 11 is 0. The summed E-state index contributed by atoms with van der Waals surface area (Å²) in [4.78, 5) is 0. The molecule has 0 atom stereocenters. The molecule has 0 fully saturated rings. The first kappa shape index (κ1) is 9.59. The molecular weight excluding hydrogens is 140 g/mol. The van der Waals surface area contributed by atoms with Crippen molar-refractivity contribution in [2.75, 3.05) is 0 Å². The average molecular weight is 151 g/mol. The van der Waals surface area contributed by atoms with E-state index in [1.807, 2.05) is 0 Å². The Hall–Kier alpha value is -0.405. The zero-order valence-electron chi connectivity index (χ0n) is 6.37. The van der Waals surface area contributed by atoms with Crippen LogP contribution in [0.1, 0.15) is 20.8 Å². The zero-order valence-corrected chi connectivity index (χ0v) is 6.37. The Labute approximate surface area is 59.2 Å².